The fourth-order valence-corrected chi connectivity index (χ4v) is 0.850. The van der Waals surface area contributed by atoms with Gasteiger partial charge in [0.1, 0.15) is 0 Å². The normalized spacial score (nSPS) is 8.92. The van der Waals surface area contributed by atoms with Crippen LogP contribution >= 0.6 is 15.9 Å². The van der Waals surface area contributed by atoms with E-state index in [4.69, 9.17) is 0 Å². The van der Waals surface area contributed by atoms with Gasteiger partial charge in [-0.3, -0.25) is 0 Å². The summed E-state index contributed by atoms with van der Waals surface area (Å²) in [5, 5.41) is 0.520. The highest BCUT2D eigenvalue weighted by atomic mass is 79.9. The second-order valence-electron chi connectivity index (χ2n) is 2.06. The molecular formula is C9H5BrF2. The summed E-state index contributed by atoms with van der Waals surface area (Å²) in [7, 11) is 0. The molecule has 0 N–H and O–H groups in total. The Morgan fingerprint density at radius 1 is 1.25 bits per heavy atom. The number of halogens is 3. The van der Waals surface area contributed by atoms with E-state index in [-0.39, 0.29) is 0 Å². The van der Waals surface area contributed by atoms with Crippen molar-refractivity contribution in [3.63, 3.8) is 0 Å². The number of benzene rings is 1. The molecule has 0 saturated carbocycles. The molecule has 0 atom stereocenters. The molecule has 0 aliphatic carbocycles. The maximum atomic E-state index is 12.6. The van der Waals surface area contributed by atoms with Crippen molar-refractivity contribution in [2.24, 2.45) is 0 Å². The van der Waals surface area contributed by atoms with Crippen LogP contribution in [0, 0.1) is 23.5 Å². The fraction of sp³-hybridized carbons (Fsp3) is 0.111. The molecule has 0 saturated heterocycles. The lowest BCUT2D eigenvalue weighted by atomic mass is 10.2. The van der Waals surface area contributed by atoms with Crippen LogP contribution in [-0.2, 0) is 0 Å². The van der Waals surface area contributed by atoms with E-state index in [1.54, 1.807) is 0 Å². The zero-order valence-corrected chi connectivity index (χ0v) is 7.66. The van der Waals surface area contributed by atoms with Crippen molar-refractivity contribution in [1.29, 1.82) is 0 Å². The third-order valence-electron chi connectivity index (χ3n) is 1.22. The molecule has 0 nitrogen and oxygen atoms in total. The molecule has 0 amide bonds. The second kappa shape index (κ2) is 4.22. The summed E-state index contributed by atoms with van der Waals surface area (Å²) in [5.41, 5.74) is 0.480. The quantitative estimate of drug-likeness (QED) is 0.475. The zero-order valence-electron chi connectivity index (χ0n) is 6.07. The maximum absolute atomic E-state index is 12.6. The second-order valence-corrected chi connectivity index (χ2v) is 2.63. The predicted octanol–water partition coefficient (Wildman–Crippen LogP) is 2.71. The Morgan fingerprint density at radius 3 is 2.58 bits per heavy atom. The molecule has 0 bridgehead atoms. The fourth-order valence-electron chi connectivity index (χ4n) is 0.709. The molecule has 62 valence electrons. The van der Waals surface area contributed by atoms with E-state index in [2.05, 4.69) is 27.8 Å². The van der Waals surface area contributed by atoms with Crippen LogP contribution in [0.1, 0.15) is 5.56 Å². The van der Waals surface area contributed by atoms with E-state index >= 15 is 0 Å². The van der Waals surface area contributed by atoms with Gasteiger partial charge in [-0.2, -0.15) is 0 Å². The topological polar surface area (TPSA) is 0 Å². The molecule has 0 aliphatic heterocycles. The number of alkyl halides is 1. The molecule has 1 rings (SSSR count). The average Bonchev–Trinajstić information content (AvgIpc) is 2.07. The lowest BCUT2D eigenvalue weighted by Crippen LogP contribution is -1.84. The summed E-state index contributed by atoms with van der Waals surface area (Å²) in [6.45, 7) is 0. The summed E-state index contributed by atoms with van der Waals surface area (Å²) >= 11 is 3.10. The van der Waals surface area contributed by atoms with Gasteiger partial charge in [0.05, 0.1) is 5.33 Å². The Bertz CT molecular complexity index is 336. The minimum absolute atomic E-state index is 0.480. The maximum Gasteiger partial charge on any atom is 0.160 e. The number of rotatable bonds is 0. The smallest absolute Gasteiger partial charge is 0.160 e. The summed E-state index contributed by atoms with van der Waals surface area (Å²) in [4.78, 5) is 0. The van der Waals surface area contributed by atoms with Gasteiger partial charge in [-0.25, -0.2) is 8.78 Å². The Labute approximate surface area is 77.7 Å². The first-order valence-electron chi connectivity index (χ1n) is 3.24. The van der Waals surface area contributed by atoms with Gasteiger partial charge in [0.25, 0.3) is 0 Å². The first-order chi connectivity index (χ1) is 5.74. The molecule has 1 aromatic carbocycles. The van der Waals surface area contributed by atoms with Gasteiger partial charge in [-0.15, -0.1) is 0 Å². The van der Waals surface area contributed by atoms with Crippen molar-refractivity contribution in [2.75, 3.05) is 5.33 Å². The third-order valence-corrected chi connectivity index (χ3v) is 1.50. The first-order valence-corrected chi connectivity index (χ1v) is 4.36. The van der Waals surface area contributed by atoms with Crippen molar-refractivity contribution in [2.45, 2.75) is 0 Å². The highest BCUT2D eigenvalue weighted by Gasteiger charge is 1.99. The van der Waals surface area contributed by atoms with Crippen LogP contribution in [-0.4, -0.2) is 5.33 Å². The monoisotopic (exact) mass is 230 g/mol. The predicted molar refractivity (Wildman–Crippen MR) is 47.0 cm³/mol. The van der Waals surface area contributed by atoms with Gasteiger partial charge in [0, 0.05) is 5.56 Å². The van der Waals surface area contributed by atoms with Crippen LogP contribution < -0.4 is 0 Å². The van der Waals surface area contributed by atoms with E-state index < -0.39 is 11.6 Å². The Kier molecular flexibility index (Phi) is 3.24. The standard InChI is InChI=1S/C9H5BrF2/c10-5-1-2-7-3-4-8(11)9(12)6-7/h3-4,6H,5H2. The SMILES string of the molecule is Fc1ccc(C#CCBr)cc1F. The molecule has 0 heterocycles. The van der Waals surface area contributed by atoms with Gasteiger partial charge in [0.2, 0.25) is 0 Å². The zero-order chi connectivity index (χ0) is 8.97. The average molecular weight is 231 g/mol. The van der Waals surface area contributed by atoms with E-state index in [9.17, 15) is 8.78 Å². The largest absolute Gasteiger partial charge is 0.204 e. The molecular weight excluding hydrogens is 226 g/mol. The van der Waals surface area contributed by atoms with Crippen molar-refractivity contribution < 1.29 is 8.78 Å². The third kappa shape index (κ3) is 2.31. The molecule has 12 heavy (non-hydrogen) atoms. The number of hydrogen-bond acceptors (Lipinski definition) is 0. The highest BCUT2D eigenvalue weighted by molar-refractivity contribution is 9.09. The van der Waals surface area contributed by atoms with Gasteiger partial charge in [0.15, 0.2) is 11.6 Å². The van der Waals surface area contributed by atoms with Crippen LogP contribution in [0.25, 0.3) is 0 Å². The Balaban J connectivity index is 2.97. The van der Waals surface area contributed by atoms with Crippen LogP contribution in [0.15, 0.2) is 18.2 Å². The van der Waals surface area contributed by atoms with Crippen molar-refractivity contribution >= 4 is 15.9 Å². The van der Waals surface area contributed by atoms with E-state index in [0.29, 0.717) is 10.9 Å². The minimum Gasteiger partial charge on any atom is -0.204 e. The summed E-state index contributed by atoms with van der Waals surface area (Å²) in [5.74, 6) is 3.64. The van der Waals surface area contributed by atoms with Crippen molar-refractivity contribution in [3.05, 3.63) is 35.4 Å². The minimum atomic E-state index is -0.864. The van der Waals surface area contributed by atoms with E-state index in [1.807, 2.05) is 0 Å². The molecule has 0 aromatic heterocycles. The molecule has 3 heteroatoms. The molecule has 0 fully saturated rings. The molecule has 1 aromatic rings. The van der Waals surface area contributed by atoms with Gasteiger partial charge >= 0.3 is 0 Å². The van der Waals surface area contributed by atoms with Crippen molar-refractivity contribution in [1.82, 2.24) is 0 Å². The summed E-state index contributed by atoms with van der Waals surface area (Å²) < 4.78 is 24.9. The Morgan fingerprint density at radius 2 is 2.00 bits per heavy atom. The molecule has 0 unspecified atom stereocenters. The van der Waals surface area contributed by atoms with E-state index in [0.717, 1.165) is 12.1 Å². The van der Waals surface area contributed by atoms with Crippen LogP contribution in [0.2, 0.25) is 0 Å². The highest BCUT2D eigenvalue weighted by Crippen LogP contribution is 2.07. The van der Waals surface area contributed by atoms with Crippen LogP contribution in [0.4, 0.5) is 8.78 Å². The molecule has 0 radical (unpaired) electrons. The first kappa shape index (κ1) is 9.21. The van der Waals surface area contributed by atoms with Crippen LogP contribution in [0.5, 0.6) is 0 Å². The lowest BCUT2D eigenvalue weighted by molar-refractivity contribution is 0.508. The number of hydrogen-bond donors (Lipinski definition) is 0. The van der Waals surface area contributed by atoms with E-state index in [1.165, 1.54) is 6.07 Å². The molecule has 0 aliphatic rings. The van der Waals surface area contributed by atoms with Crippen molar-refractivity contribution in [3.8, 4) is 11.8 Å². The van der Waals surface area contributed by atoms with Gasteiger partial charge in [-0.1, -0.05) is 27.8 Å². The van der Waals surface area contributed by atoms with Crippen LogP contribution in [0.3, 0.4) is 0 Å². The van der Waals surface area contributed by atoms with Gasteiger partial charge in [-0.05, 0) is 18.2 Å². The molecule has 0 spiro atoms. The van der Waals surface area contributed by atoms with Gasteiger partial charge < -0.3 is 0 Å². The summed E-state index contributed by atoms with van der Waals surface area (Å²) in [6.07, 6.45) is 0. The Hall–Kier alpha value is -0.880. The summed E-state index contributed by atoms with van der Waals surface area (Å²) in [6, 6.07) is 3.58. The lowest BCUT2D eigenvalue weighted by Gasteiger charge is -1.91.